The molecule has 94 valence electrons. The molecule has 0 aliphatic heterocycles. The van der Waals surface area contributed by atoms with E-state index >= 15 is 0 Å². The van der Waals surface area contributed by atoms with Crippen molar-refractivity contribution in [3.63, 3.8) is 0 Å². The smallest absolute Gasteiger partial charge is 0.127 e. The number of anilines is 2. The van der Waals surface area contributed by atoms with Crippen LogP contribution < -0.4 is 10.2 Å². The fourth-order valence-corrected chi connectivity index (χ4v) is 2.62. The summed E-state index contributed by atoms with van der Waals surface area (Å²) in [7, 11) is 2.18. The van der Waals surface area contributed by atoms with E-state index < -0.39 is 0 Å². The van der Waals surface area contributed by atoms with E-state index in [9.17, 15) is 0 Å². The van der Waals surface area contributed by atoms with E-state index in [1.54, 1.807) is 0 Å². The molecule has 1 heterocycles. The molecule has 0 bridgehead atoms. The van der Waals surface area contributed by atoms with Gasteiger partial charge < -0.3 is 10.2 Å². The minimum Gasteiger partial charge on any atom is -0.374 e. The molecule has 0 atom stereocenters. The predicted molar refractivity (Wildman–Crippen MR) is 73.6 cm³/mol. The van der Waals surface area contributed by atoms with Crippen LogP contribution >= 0.6 is 0 Å². The van der Waals surface area contributed by atoms with Gasteiger partial charge in [-0.2, -0.15) is 0 Å². The van der Waals surface area contributed by atoms with Crippen LogP contribution in [0.25, 0.3) is 0 Å². The molecule has 0 spiro atoms. The van der Waals surface area contributed by atoms with Crippen LogP contribution in [-0.4, -0.2) is 25.1 Å². The minimum atomic E-state index is 0.885. The van der Waals surface area contributed by atoms with Gasteiger partial charge in [0.25, 0.3) is 0 Å². The van der Waals surface area contributed by atoms with Crippen LogP contribution in [-0.2, 0) is 0 Å². The first-order valence-electron chi connectivity index (χ1n) is 6.70. The quantitative estimate of drug-likeness (QED) is 0.847. The number of aromatic nitrogens is 1. The maximum absolute atomic E-state index is 4.31. The average molecular weight is 233 g/mol. The van der Waals surface area contributed by atoms with Gasteiger partial charge in [0, 0.05) is 38.1 Å². The van der Waals surface area contributed by atoms with E-state index in [4.69, 9.17) is 0 Å². The molecule has 0 unspecified atom stereocenters. The monoisotopic (exact) mass is 233 g/mol. The molecule has 1 N–H and O–H groups in total. The Morgan fingerprint density at radius 1 is 1.41 bits per heavy atom. The van der Waals surface area contributed by atoms with Gasteiger partial charge in [-0.05, 0) is 31.7 Å². The van der Waals surface area contributed by atoms with Gasteiger partial charge in [-0.3, -0.25) is 0 Å². The standard InChI is InChI=1S/C14H23N3/c1-3-15-14-10-13(8-9-16-14)17(2)11-12-6-4-5-7-12/h8-10,12H,3-7,11H2,1-2H3,(H,15,16). The lowest BCUT2D eigenvalue weighted by Crippen LogP contribution is -2.24. The van der Waals surface area contributed by atoms with Gasteiger partial charge in [-0.1, -0.05) is 12.8 Å². The summed E-state index contributed by atoms with van der Waals surface area (Å²) in [4.78, 5) is 6.67. The lowest BCUT2D eigenvalue weighted by Gasteiger charge is -2.23. The van der Waals surface area contributed by atoms with Crippen molar-refractivity contribution in [2.24, 2.45) is 5.92 Å². The number of nitrogens with zero attached hydrogens (tertiary/aromatic N) is 2. The van der Waals surface area contributed by atoms with E-state index in [0.29, 0.717) is 0 Å². The van der Waals surface area contributed by atoms with Crippen LogP contribution in [0.5, 0.6) is 0 Å². The first-order valence-corrected chi connectivity index (χ1v) is 6.70. The highest BCUT2D eigenvalue weighted by atomic mass is 15.1. The first-order chi connectivity index (χ1) is 8.29. The molecule has 3 heteroatoms. The Labute approximate surface area is 104 Å². The van der Waals surface area contributed by atoms with Crippen molar-refractivity contribution in [1.82, 2.24) is 4.98 Å². The fourth-order valence-electron chi connectivity index (χ4n) is 2.62. The van der Waals surface area contributed by atoms with Gasteiger partial charge in [0.1, 0.15) is 5.82 Å². The summed E-state index contributed by atoms with van der Waals surface area (Å²) in [6.45, 7) is 4.19. The van der Waals surface area contributed by atoms with Crippen LogP contribution in [0.15, 0.2) is 18.3 Å². The van der Waals surface area contributed by atoms with Crippen molar-refractivity contribution in [2.45, 2.75) is 32.6 Å². The van der Waals surface area contributed by atoms with Gasteiger partial charge in [0.05, 0.1) is 0 Å². The third-order valence-corrected chi connectivity index (χ3v) is 3.55. The molecule has 3 nitrogen and oxygen atoms in total. The molecule has 0 aromatic carbocycles. The molecular weight excluding hydrogens is 210 g/mol. The fraction of sp³-hybridized carbons (Fsp3) is 0.643. The maximum atomic E-state index is 4.31. The Morgan fingerprint density at radius 3 is 2.88 bits per heavy atom. The molecule has 0 amide bonds. The zero-order valence-electron chi connectivity index (χ0n) is 10.9. The summed E-state index contributed by atoms with van der Waals surface area (Å²) in [5.74, 6) is 1.86. The van der Waals surface area contributed by atoms with Crippen LogP contribution in [0.2, 0.25) is 0 Å². The SMILES string of the molecule is CCNc1cc(N(C)CC2CCCC2)ccn1. The largest absolute Gasteiger partial charge is 0.374 e. The second kappa shape index (κ2) is 5.89. The summed E-state index contributed by atoms with van der Waals surface area (Å²) in [6, 6.07) is 4.23. The molecule has 1 aromatic rings. The summed E-state index contributed by atoms with van der Waals surface area (Å²) < 4.78 is 0. The van der Waals surface area contributed by atoms with Crippen molar-refractivity contribution in [3.8, 4) is 0 Å². The highest BCUT2D eigenvalue weighted by Gasteiger charge is 2.17. The van der Waals surface area contributed by atoms with Crippen molar-refractivity contribution in [3.05, 3.63) is 18.3 Å². The Balaban J connectivity index is 1.97. The zero-order chi connectivity index (χ0) is 12.1. The molecule has 17 heavy (non-hydrogen) atoms. The van der Waals surface area contributed by atoms with Gasteiger partial charge in [0.2, 0.25) is 0 Å². The summed E-state index contributed by atoms with van der Waals surface area (Å²) in [6.07, 6.45) is 7.51. The Morgan fingerprint density at radius 2 is 2.18 bits per heavy atom. The molecular formula is C14H23N3. The second-order valence-electron chi connectivity index (χ2n) is 4.96. The Kier molecular flexibility index (Phi) is 4.24. The minimum absolute atomic E-state index is 0.885. The van der Waals surface area contributed by atoms with Gasteiger partial charge in [0.15, 0.2) is 0 Å². The summed E-state index contributed by atoms with van der Waals surface area (Å²) in [5.41, 5.74) is 1.27. The van der Waals surface area contributed by atoms with Gasteiger partial charge >= 0.3 is 0 Å². The maximum Gasteiger partial charge on any atom is 0.127 e. The van der Waals surface area contributed by atoms with Gasteiger partial charge in [-0.15, -0.1) is 0 Å². The molecule has 2 rings (SSSR count). The van der Waals surface area contributed by atoms with Crippen molar-refractivity contribution in [2.75, 3.05) is 30.4 Å². The van der Waals surface area contributed by atoms with E-state index in [-0.39, 0.29) is 0 Å². The van der Waals surface area contributed by atoms with Crippen LogP contribution in [0, 0.1) is 5.92 Å². The third kappa shape index (κ3) is 3.35. The average Bonchev–Trinajstić information content (AvgIpc) is 2.83. The Bertz CT molecular complexity index is 345. The summed E-state index contributed by atoms with van der Waals surface area (Å²) >= 11 is 0. The van der Waals surface area contributed by atoms with Crippen LogP contribution in [0.4, 0.5) is 11.5 Å². The summed E-state index contributed by atoms with van der Waals surface area (Å²) in [5, 5.41) is 3.26. The molecule has 1 aromatic heterocycles. The number of hydrogen-bond donors (Lipinski definition) is 1. The zero-order valence-corrected chi connectivity index (χ0v) is 10.9. The Hall–Kier alpha value is -1.25. The first kappa shape index (κ1) is 12.2. The second-order valence-corrected chi connectivity index (χ2v) is 4.96. The van der Waals surface area contributed by atoms with E-state index in [1.165, 1.54) is 37.9 Å². The lowest BCUT2D eigenvalue weighted by molar-refractivity contribution is 0.547. The molecule has 1 saturated carbocycles. The number of hydrogen-bond acceptors (Lipinski definition) is 3. The van der Waals surface area contributed by atoms with Crippen LogP contribution in [0.3, 0.4) is 0 Å². The highest BCUT2D eigenvalue weighted by molar-refractivity contribution is 5.53. The molecule has 0 saturated heterocycles. The topological polar surface area (TPSA) is 28.2 Å². The van der Waals surface area contributed by atoms with E-state index in [0.717, 1.165) is 18.3 Å². The number of rotatable bonds is 5. The van der Waals surface area contributed by atoms with Crippen molar-refractivity contribution < 1.29 is 0 Å². The normalized spacial score (nSPS) is 16.1. The molecule has 1 aliphatic carbocycles. The molecule has 0 radical (unpaired) electrons. The van der Waals surface area contributed by atoms with Crippen molar-refractivity contribution in [1.29, 1.82) is 0 Å². The molecule has 1 fully saturated rings. The van der Waals surface area contributed by atoms with Crippen LogP contribution in [0.1, 0.15) is 32.6 Å². The lowest BCUT2D eigenvalue weighted by atomic mass is 10.1. The van der Waals surface area contributed by atoms with E-state index in [1.807, 2.05) is 6.20 Å². The third-order valence-electron chi connectivity index (χ3n) is 3.55. The molecule has 1 aliphatic rings. The highest BCUT2D eigenvalue weighted by Crippen LogP contribution is 2.27. The van der Waals surface area contributed by atoms with Crippen molar-refractivity contribution >= 4 is 11.5 Å². The van der Waals surface area contributed by atoms with Gasteiger partial charge in [-0.25, -0.2) is 4.98 Å². The predicted octanol–water partition coefficient (Wildman–Crippen LogP) is 3.14. The number of pyridine rings is 1. The number of nitrogens with one attached hydrogen (secondary N) is 1. The van der Waals surface area contributed by atoms with E-state index in [2.05, 4.69) is 41.3 Å².